The summed E-state index contributed by atoms with van der Waals surface area (Å²) in [5.41, 5.74) is 10.5. The standard InChI is InChI=1S/C42H44N6O4S2/c1-42(2,31-53-36-16-10-5-11-17-36)44-39-23-22-37(30-40(39)48(49)50)54(51,52)45-41(43)34-18-20-35(21-19-34)47-28-26-46(27-29-47)25-24-38(32-12-6-3-7-13-32)33-14-8-4-9-15-33/h3-24,30,44H,25-29,31H2,1-2H3,(H2,43,45). The largest absolute Gasteiger partial charge is 0.383 e. The first-order valence-electron chi connectivity index (χ1n) is 17.7. The van der Waals surface area contributed by atoms with Gasteiger partial charge < -0.3 is 16.0 Å². The van der Waals surface area contributed by atoms with Crippen LogP contribution in [0.5, 0.6) is 0 Å². The van der Waals surface area contributed by atoms with Gasteiger partial charge in [-0.3, -0.25) is 15.0 Å². The Balaban J connectivity index is 1.08. The topological polar surface area (TPSA) is 134 Å². The predicted molar refractivity (Wildman–Crippen MR) is 221 cm³/mol. The van der Waals surface area contributed by atoms with E-state index >= 15 is 0 Å². The lowest BCUT2D eigenvalue weighted by molar-refractivity contribution is -0.384. The predicted octanol–water partition coefficient (Wildman–Crippen LogP) is 7.93. The number of nitro benzene ring substituents is 1. The van der Waals surface area contributed by atoms with Gasteiger partial charge in [0.2, 0.25) is 0 Å². The maximum atomic E-state index is 13.3. The SMILES string of the molecule is CC(C)(CSc1ccccc1)Nc1ccc(S(=O)(=O)/N=C(/N)c2ccc(N3CCN(CC=C(c4ccccc4)c4ccccc4)CC3)cc2)cc1[N+](=O)[O-]. The smallest absolute Gasteiger partial charge is 0.293 e. The summed E-state index contributed by atoms with van der Waals surface area (Å²) in [5.74, 6) is 0.419. The number of thioether (sulfide) groups is 1. The average molecular weight is 761 g/mol. The Labute approximate surface area is 321 Å². The van der Waals surface area contributed by atoms with E-state index in [1.165, 1.54) is 28.8 Å². The van der Waals surface area contributed by atoms with Crippen LogP contribution >= 0.6 is 11.8 Å². The third kappa shape index (κ3) is 9.95. The first-order valence-corrected chi connectivity index (χ1v) is 20.1. The van der Waals surface area contributed by atoms with Gasteiger partial charge in [0.15, 0.2) is 0 Å². The fourth-order valence-corrected chi connectivity index (χ4v) is 8.15. The molecule has 1 fully saturated rings. The van der Waals surface area contributed by atoms with Gasteiger partial charge in [-0.25, -0.2) is 0 Å². The summed E-state index contributed by atoms with van der Waals surface area (Å²) < 4.78 is 30.5. The van der Waals surface area contributed by atoms with Gasteiger partial charge in [-0.15, -0.1) is 16.2 Å². The minimum absolute atomic E-state index is 0.199. The van der Waals surface area contributed by atoms with E-state index < -0.39 is 20.5 Å². The summed E-state index contributed by atoms with van der Waals surface area (Å²) in [7, 11) is -4.35. The summed E-state index contributed by atoms with van der Waals surface area (Å²) >= 11 is 1.62. The van der Waals surface area contributed by atoms with Crippen molar-refractivity contribution in [2.24, 2.45) is 10.1 Å². The van der Waals surface area contributed by atoms with Crippen LogP contribution in [0.15, 0.2) is 154 Å². The molecule has 0 spiro atoms. The Morgan fingerprint density at radius 1 is 0.833 bits per heavy atom. The number of nitrogens with one attached hydrogen (secondary N) is 1. The normalized spacial score (nSPS) is 14.0. The van der Waals surface area contributed by atoms with Crippen LogP contribution in [-0.2, 0) is 10.0 Å². The van der Waals surface area contributed by atoms with Gasteiger partial charge in [-0.2, -0.15) is 8.42 Å². The van der Waals surface area contributed by atoms with Gasteiger partial charge in [0.25, 0.3) is 15.7 Å². The van der Waals surface area contributed by atoms with E-state index in [9.17, 15) is 18.5 Å². The van der Waals surface area contributed by atoms with Crippen LogP contribution in [0.2, 0.25) is 0 Å². The molecule has 0 atom stereocenters. The van der Waals surface area contributed by atoms with E-state index in [1.807, 2.05) is 68.4 Å². The van der Waals surface area contributed by atoms with Crippen LogP contribution in [0.25, 0.3) is 5.57 Å². The van der Waals surface area contributed by atoms with Gasteiger partial charge in [-0.1, -0.05) is 84.9 Å². The van der Waals surface area contributed by atoms with Gasteiger partial charge in [0, 0.05) is 66.2 Å². The van der Waals surface area contributed by atoms with Crippen LogP contribution in [-0.4, -0.2) is 68.1 Å². The van der Waals surface area contributed by atoms with Crippen molar-refractivity contribution in [1.82, 2.24) is 4.90 Å². The van der Waals surface area contributed by atoms with E-state index in [-0.39, 0.29) is 22.1 Å². The third-order valence-electron chi connectivity index (χ3n) is 9.12. The molecule has 5 aromatic carbocycles. The van der Waals surface area contributed by atoms with Crippen LogP contribution in [0.1, 0.15) is 30.5 Å². The van der Waals surface area contributed by atoms with Crippen LogP contribution in [0.3, 0.4) is 0 Å². The van der Waals surface area contributed by atoms with Crippen LogP contribution in [0.4, 0.5) is 17.1 Å². The highest BCUT2D eigenvalue weighted by Gasteiger charge is 2.26. The van der Waals surface area contributed by atoms with E-state index in [4.69, 9.17) is 5.73 Å². The molecule has 1 aliphatic heterocycles. The maximum Gasteiger partial charge on any atom is 0.293 e. The quantitative estimate of drug-likeness (QED) is 0.0381. The number of benzene rings is 5. The molecule has 3 N–H and O–H groups in total. The molecule has 54 heavy (non-hydrogen) atoms. The minimum Gasteiger partial charge on any atom is -0.383 e. The second-order valence-electron chi connectivity index (χ2n) is 13.7. The maximum absolute atomic E-state index is 13.3. The molecule has 1 aliphatic rings. The number of rotatable bonds is 14. The van der Waals surface area contributed by atoms with E-state index in [0.717, 1.165) is 49.4 Å². The van der Waals surface area contributed by atoms with Crippen molar-refractivity contribution >= 4 is 50.3 Å². The molecule has 0 aromatic heterocycles. The van der Waals surface area contributed by atoms with Gasteiger partial charge >= 0.3 is 0 Å². The zero-order valence-corrected chi connectivity index (χ0v) is 32.0. The first kappa shape index (κ1) is 38.3. The highest BCUT2D eigenvalue weighted by atomic mass is 32.2. The Morgan fingerprint density at radius 2 is 1.41 bits per heavy atom. The van der Waals surface area contributed by atoms with Gasteiger partial charge in [0.05, 0.1) is 9.82 Å². The molecule has 0 unspecified atom stereocenters. The zero-order chi connectivity index (χ0) is 38.1. The molecule has 5 aromatic rings. The number of sulfonamides is 1. The number of amidine groups is 1. The molecule has 1 saturated heterocycles. The number of hydrogen-bond acceptors (Lipinski definition) is 8. The van der Waals surface area contributed by atoms with E-state index in [1.54, 1.807) is 23.9 Å². The van der Waals surface area contributed by atoms with Gasteiger partial charge in [0.1, 0.15) is 11.5 Å². The molecule has 10 nitrogen and oxygen atoms in total. The number of hydrogen-bond donors (Lipinski definition) is 2. The first-order chi connectivity index (χ1) is 26.0. The summed E-state index contributed by atoms with van der Waals surface area (Å²) in [6.07, 6.45) is 2.31. The van der Waals surface area contributed by atoms with Crippen molar-refractivity contribution in [1.29, 1.82) is 0 Å². The summed E-state index contributed by atoms with van der Waals surface area (Å²) in [6, 6.07) is 41.8. The third-order valence-corrected chi connectivity index (χ3v) is 11.9. The average Bonchev–Trinajstić information content (AvgIpc) is 3.18. The Bertz CT molecular complexity index is 2160. The molecule has 6 rings (SSSR count). The van der Waals surface area contributed by atoms with Crippen molar-refractivity contribution < 1.29 is 13.3 Å². The lowest BCUT2D eigenvalue weighted by Gasteiger charge is -2.35. The second kappa shape index (κ2) is 17.1. The Hall–Kier alpha value is -5.43. The monoisotopic (exact) mass is 760 g/mol. The van der Waals surface area contributed by atoms with Gasteiger partial charge in [-0.05, 0) is 79.1 Å². The number of anilines is 2. The van der Waals surface area contributed by atoms with Crippen molar-refractivity contribution in [3.63, 3.8) is 0 Å². The summed E-state index contributed by atoms with van der Waals surface area (Å²) in [5, 5.41) is 15.3. The molecule has 0 saturated carbocycles. The highest BCUT2D eigenvalue weighted by Crippen LogP contribution is 2.33. The van der Waals surface area contributed by atoms with Crippen molar-refractivity contribution in [2.75, 3.05) is 48.7 Å². The molecule has 278 valence electrons. The summed E-state index contributed by atoms with van der Waals surface area (Å²) in [4.78, 5) is 16.9. The second-order valence-corrected chi connectivity index (χ2v) is 16.3. The Kier molecular flexibility index (Phi) is 12.2. The molecular weight excluding hydrogens is 717 g/mol. The molecule has 0 radical (unpaired) electrons. The molecule has 0 aliphatic carbocycles. The molecular formula is C42H44N6O4S2. The van der Waals surface area contributed by atoms with E-state index in [2.05, 4.69) is 74.1 Å². The zero-order valence-electron chi connectivity index (χ0n) is 30.3. The molecule has 0 bridgehead atoms. The molecule has 1 heterocycles. The summed E-state index contributed by atoms with van der Waals surface area (Å²) in [6.45, 7) is 8.15. The number of piperazine rings is 1. The van der Waals surface area contributed by atoms with Crippen molar-refractivity contribution in [2.45, 2.75) is 29.2 Å². The fraction of sp³-hybridized carbons (Fsp3) is 0.214. The van der Waals surface area contributed by atoms with Crippen LogP contribution in [0, 0.1) is 10.1 Å². The fourth-order valence-electron chi connectivity index (χ4n) is 6.23. The number of nitro groups is 1. The lowest BCUT2D eigenvalue weighted by Crippen LogP contribution is -2.46. The number of nitrogens with two attached hydrogens (primary N) is 1. The van der Waals surface area contributed by atoms with E-state index in [0.29, 0.717) is 11.3 Å². The van der Waals surface area contributed by atoms with Crippen molar-refractivity contribution in [3.05, 3.63) is 166 Å². The Morgan fingerprint density at radius 3 is 1.98 bits per heavy atom. The minimum atomic E-state index is -4.35. The lowest BCUT2D eigenvalue weighted by atomic mass is 9.97. The van der Waals surface area contributed by atoms with Crippen molar-refractivity contribution in [3.8, 4) is 0 Å². The van der Waals surface area contributed by atoms with Crippen LogP contribution < -0.4 is 16.0 Å². The molecule has 0 amide bonds. The number of nitrogens with zero attached hydrogens (tertiary/aromatic N) is 4. The highest BCUT2D eigenvalue weighted by molar-refractivity contribution is 7.99. The molecule has 12 heteroatoms.